The molecule has 0 spiro atoms. The molecule has 2 aliphatic heterocycles. The lowest BCUT2D eigenvalue weighted by molar-refractivity contribution is -0.325. The van der Waals surface area contributed by atoms with Crippen molar-refractivity contribution >= 4 is 9.84 Å². The van der Waals surface area contributed by atoms with E-state index in [2.05, 4.69) is 103 Å². The zero-order valence-electron chi connectivity index (χ0n) is 88.6. The molecule has 0 radical (unpaired) electrons. The Labute approximate surface area is 850 Å². The van der Waals surface area contributed by atoms with Crippen LogP contribution in [0.2, 0.25) is 0 Å². The number of aliphatic hydroxyl groups is 2. The summed E-state index contributed by atoms with van der Waals surface area (Å²) < 4.78 is 244. The van der Waals surface area contributed by atoms with Gasteiger partial charge >= 0.3 is 18.7 Å². The van der Waals surface area contributed by atoms with Crippen molar-refractivity contribution in [3.05, 3.63) is 271 Å². The van der Waals surface area contributed by atoms with Gasteiger partial charge in [0.1, 0.15) is 83.2 Å². The molecule has 0 amide bonds. The first-order chi connectivity index (χ1) is 68.1. The fourth-order valence-electron chi connectivity index (χ4n) is 12.4. The zero-order chi connectivity index (χ0) is 109. The molecule has 10 aromatic rings. The van der Waals surface area contributed by atoms with Gasteiger partial charge in [0.2, 0.25) is 0 Å². The van der Waals surface area contributed by atoms with Crippen LogP contribution in [0.1, 0.15) is 145 Å². The molecule has 0 atom stereocenters. The summed E-state index contributed by atoms with van der Waals surface area (Å²) in [5, 5.41) is 18.7. The quantitative estimate of drug-likeness (QED) is 0.0286. The molecule has 0 bridgehead atoms. The number of rotatable bonds is 33. The van der Waals surface area contributed by atoms with E-state index in [1.165, 1.54) is 68.0 Å². The van der Waals surface area contributed by atoms with Crippen LogP contribution in [0.25, 0.3) is 0 Å². The van der Waals surface area contributed by atoms with E-state index in [-0.39, 0.29) is 65.8 Å². The molecule has 2 aliphatic rings. The molecule has 2 N–H and O–H groups in total. The van der Waals surface area contributed by atoms with Gasteiger partial charge in [-0.25, -0.2) is 12.8 Å². The summed E-state index contributed by atoms with van der Waals surface area (Å²) in [6.45, 7) is 39.9. The Morgan fingerprint density at radius 1 is 0.372 bits per heavy atom. The molecule has 806 valence electrons. The largest absolute Gasteiger partial charge is 0.522 e. The van der Waals surface area contributed by atoms with Gasteiger partial charge in [-0.2, -0.15) is 26.3 Å². The van der Waals surface area contributed by atoms with Gasteiger partial charge in [-0.15, -0.1) is 13.2 Å². The maximum absolute atomic E-state index is 13.2. The number of alkyl halides is 9. The van der Waals surface area contributed by atoms with Crippen molar-refractivity contribution < 1.29 is 153 Å². The highest BCUT2D eigenvalue weighted by atomic mass is 32.2. The van der Waals surface area contributed by atoms with E-state index in [0.29, 0.717) is 118 Å². The topological polar surface area (TPSA) is 250 Å². The first-order valence-corrected chi connectivity index (χ1v) is 48.5. The molecule has 10 aromatic carbocycles. The Bertz CT molecular complexity index is 5480. The number of halogens is 10. The van der Waals surface area contributed by atoms with Crippen molar-refractivity contribution in [2.75, 3.05) is 162 Å². The fourth-order valence-corrected chi connectivity index (χ4v) is 13.3. The summed E-state index contributed by atoms with van der Waals surface area (Å²) in [4.78, 5) is 0.274. The Hall–Kier alpha value is -11.5. The van der Waals surface area contributed by atoms with Gasteiger partial charge in [0.05, 0.1) is 113 Å². The van der Waals surface area contributed by atoms with Gasteiger partial charge in [0.25, 0.3) is 0 Å². The van der Waals surface area contributed by atoms with Crippen molar-refractivity contribution in [1.82, 2.24) is 0 Å². The highest BCUT2D eigenvalue weighted by Gasteiger charge is 2.41. The van der Waals surface area contributed by atoms with Crippen LogP contribution in [0.3, 0.4) is 0 Å². The normalized spacial score (nSPS) is 12.4. The molecule has 34 heteroatoms. The summed E-state index contributed by atoms with van der Waals surface area (Å²) in [6, 6.07) is 53.7. The average molecular weight is 2070 g/mol. The fraction of sp³-hybridized carbons (Fsp3) is 0.459. The Balaban J connectivity index is 0.000000415. The predicted molar refractivity (Wildman–Crippen MR) is 544 cm³/mol. The number of hydrogen-bond donors (Lipinski definition) is 2. The number of hydrogen-bond acceptors (Lipinski definition) is 23. The van der Waals surface area contributed by atoms with E-state index in [1.54, 1.807) is 105 Å². The Kier molecular flexibility index (Phi) is 56.2. The van der Waals surface area contributed by atoms with Crippen LogP contribution < -0.4 is 61.6 Å². The maximum atomic E-state index is 13.2. The van der Waals surface area contributed by atoms with Gasteiger partial charge in [0.15, 0.2) is 55.8 Å². The van der Waals surface area contributed by atoms with Gasteiger partial charge in [-0.3, -0.25) is 4.74 Å². The highest BCUT2D eigenvalue weighted by molar-refractivity contribution is 7.90. The Morgan fingerprint density at radius 3 is 1.11 bits per heavy atom. The van der Waals surface area contributed by atoms with Crippen molar-refractivity contribution in [1.29, 1.82) is 0 Å². The second kappa shape index (κ2) is 63.8. The molecule has 2 heterocycles. The molecule has 0 aliphatic carbocycles. The molecular weight excluding hydrogens is 1920 g/mol. The maximum Gasteiger partial charge on any atom is 0.522 e. The zero-order valence-corrected chi connectivity index (χ0v) is 89.4. The standard InChI is InChI=1S/C12H18O.C11H13F3O3.C11H11F3O2.C11H13F3O2.C11H15FO3.C11H16O3S.C11H14O3.2C11H16O3.C11H16/c1-9-6-7-11(10(2)8-9)13-12(3,4)5;1-8-3-4-9(10(7-8)15-2)16-5-6-17-11(12,13)14;1-7-2-3-10(16-8-5-15-6-8)9(4-7)11(12,13)14;1-8-3-4-10(16-6-5-15-2)9(7-8)11(12,13)14;1-8-6-10(14-3)11(7-9(8)12)15-5-4-13-2;1-4-7-14-10-6-5-9(2)8-11(10)15(3,12)13;1-8-3-4-9(10(5-8)13-2)11(12)6-14-7-11;1-9-4-5-10(11(8-9)13-3)14-7-6-12-2;1-9-4-5-10(11(8-9)13-2)14-7-3-6-12;1-9-5-7-10(8-6-9)11(2,3)4/h6-8H,1-5H3;3-4,7H,5-6H2,1-2H3;2-4,8H,5-6H2,1H3;3-4,7H,5-6H2,1-2H3;6-7H,4-5H2,1-3H3;5-6,8H,4,7H2,1-3H3;3-5,12H,6-7H2,1-2H3;4-5,8H,6-7H2,1-3H3;4-5,8,12H,3,6-7H2,1-2H3;5-8H,1-4H3. The van der Waals surface area contributed by atoms with Crippen LogP contribution >= 0.6 is 0 Å². The van der Waals surface area contributed by atoms with Crippen LogP contribution in [-0.2, 0) is 61.6 Å². The monoisotopic (exact) mass is 2070 g/mol. The molecule has 145 heavy (non-hydrogen) atoms. The number of aryl methyl sites for hydroxylation is 11. The minimum absolute atomic E-state index is 0.0998. The summed E-state index contributed by atoms with van der Waals surface area (Å²) in [5.74, 6) is 6.39. The van der Waals surface area contributed by atoms with Crippen LogP contribution in [0.15, 0.2) is 187 Å². The van der Waals surface area contributed by atoms with Crippen LogP contribution in [0.5, 0.6) is 74.7 Å². The minimum Gasteiger partial charge on any atom is -0.496 e. The number of ether oxygens (including phenoxy) is 19. The second-order valence-electron chi connectivity index (χ2n) is 35.5. The summed E-state index contributed by atoms with van der Waals surface area (Å²) in [6.07, 6.45) is -11.0. The average Bonchev–Trinajstić information content (AvgIpc) is 0.773. The minimum atomic E-state index is -4.62. The van der Waals surface area contributed by atoms with Crippen molar-refractivity contribution in [2.24, 2.45) is 0 Å². The van der Waals surface area contributed by atoms with E-state index >= 15 is 0 Å². The molecule has 2 saturated heterocycles. The van der Waals surface area contributed by atoms with Gasteiger partial charge in [-0.05, 0) is 244 Å². The molecule has 2 fully saturated rings. The first-order valence-electron chi connectivity index (χ1n) is 46.6. The lowest BCUT2D eigenvalue weighted by Gasteiger charge is -2.37. The van der Waals surface area contributed by atoms with Gasteiger partial charge in [-0.1, -0.05) is 135 Å². The van der Waals surface area contributed by atoms with E-state index in [4.69, 9.17) is 90.4 Å². The predicted octanol–water partition coefficient (Wildman–Crippen LogP) is 24.9. The third kappa shape index (κ3) is 49.5. The van der Waals surface area contributed by atoms with E-state index in [9.17, 15) is 57.4 Å². The van der Waals surface area contributed by atoms with Gasteiger partial charge in [0, 0.05) is 52.2 Å². The molecule has 0 unspecified atom stereocenters. The third-order valence-corrected chi connectivity index (χ3v) is 21.3. The second-order valence-corrected chi connectivity index (χ2v) is 37.5. The van der Waals surface area contributed by atoms with E-state index in [1.807, 2.05) is 108 Å². The SMILES string of the molecule is CCCOc1ccc(C)cc1S(C)(=O)=O.COCCOc1cc(F)c(C)cc1OC.COCCOc1ccc(C)cc1C(F)(F)F.COCCOc1ccc(C)cc1OC.COc1cc(C)ccc1C1(O)COC1.COc1cc(C)ccc1OCCCO.COc1cc(C)ccc1OCCOC(F)(F)F.Cc1ccc(C(C)(C)C)cc1.Cc1ccc(OC(C)(C)C)c(C)c1.Cc1ccc(OC2COC2)c(C(F)(F)F)c1. The van der Waals surface area contributed by atoms with Crippen molar-refractivity contribution in [3.63, 3.8) is 0 Å². The molecular formula is C111H148F10O23S. The first kappa shape index (κ1) is 128. The summed E-state index contributed by atoms with van der Waals surface area (Å²) >= 11 is 0. The van der Waals surface area contributed by atoms with E-state index in [0.717, 1.165) is 86.4 Å². The number of aliphatic hydroxyl groups excluding tert-OH is 1. The number of sulfone groups is 1. The smallest absolute Gasteiger partial charge is 0.496 e. The molecule has 0 saturated carbocycles. The number of benzene rings is 10. The van der Waals surface area contributed by atoms with Crippen LogP contribution in [-0.4, -0.2) is 199 Å². The summed E-state index contributed by atoms with van der Waals surface area (Å²) in [7, 11) is 9.34. The van der Waals surface area contributed by atoms with E-state index < -0.39 is 51.9 Å². The molecule has 23 nitrogen and oxygen atoms in total. The van der Waals surface area contributed by atoms with Crippen molar-refractivity contribution in [2.45, 2.75) is 184 Å². The molecule has 12 rings (SSSR count). The lowest BCUT2D eigenvalue weighted by Crippen LogP contribution is -2.46. The highest BCUT2D eigenvalue weighted by Crippen LogP contribution is 2.41. The molecule has 0 aromatic heterocycles. The number of methoxy groups -OCH3 is 8. The van der Waals surface area contributed by atoms with Crippen LogP contribution in [0.4, 0.5) is 43.9 Å². The third-order valence-electron chi connectivity index (χ3n) is 20.2. The van der Waals surface area contributed by atoms with Crippen LogP contribution in [0, 0.1) is 82.0 Å². The van der Waals surface area contributed by atoms with Gasteiger partial charge < -0.3 is 95.5 Å². The lowest BCUT2D eigenvalue weighted by atomic mass is 9.87. The Morgan fingerprint density at radius 2 is 0.731 bits per heavy atom. The summed E-state index contributed by atoms with van der Waals surface area (Å²) in [5.41, 5.74) is 10.8. The van der Waals surface area contributed by atoms with Crippen molar-refractivity contribution in [3.8, 4) is 74.7 Å².